The summed E-state index contributed by atoms with van der Waals surface area (Å²) in [6, 6.07) is 7.30. The lowest BCUT2D eigenvalue weighted by Crippen LogP contribution is -2.40. The molecule has 132 valence electrons. The quantitative estimate of drug-likeness (QED) is 0.927. The number of aromatic nitrogens is 2. The van der Waals surface area contributed by atoms with Gasteiger partial charge in [0.2, 0.25) is 5.91 Å². The maximum Gasteiger partial charge on any atom is 0.280 e. The van der Waals surface area contributed by atoms with Crippen molar-refractivity contribution in [2.45, 2.75) is 50.5 Å². The summed E-state index contributed by atoms with van der Waals surface area (Å²) in [6.45, 7) is 0. The number of hydrogen-bond acceptors (Lipinski definition) is 4. The van der Waals surface area contributed by atoms with E-state index >= 15 is 0 Å². The van der Waals surface area contributed by atoms with Crippen LogP contribution in [0.2, 0.25) is 0 Å². The highest BCUT2D eigenvalue weighted by molar-refractivity contribution is 5.87. The van der Waals surface area contributed by atoms with Gasteiger partial charge in [0, 0.05) is 18.9 Å². The third kappa shape index (κ3) is 3.18. The summed E-state index contributed by atoms with van der Waals surface area (Å²) in [5, 5.41) is 0.533. The predicted molar refractivity (Wildman–Crippen MR) is 95.1 cm³/mol. The summed E-state index contributed by atoms with van der Waals surface area (Å²) in [4.78, 5) is 30.3. The minimum atomic E-state index is -0.194. The molecule has 2 saturated carbocycles. The lowest BCUT2D eigenvalue weighted by molar-refractivity contribution is -0.123. The molecule has 1 aromatic heterocycles. The van der Waals surface area contributed by atoms with E-state index in [0.717, 1.165) is 32.1 Å². The van der Waals surface area contributed by atoms with Gasteiger partial charge in [-0.25, -0.2) is 9.66 Å². The molecular weight excluding hydrogens is 318 g/mol. The zero-order valence-corrected chi connectivity index (χ0v) is 14.4. The van der Waals surface area contributed by atoms with Gasteiger partial charge < -0.3 is 4.74 Å². The Hall–Kier alpha value is -2.21. The van der Waals surface area contributed by atoms with Gasteiger partial charge in [0.1, 0.15) is 5.82 Å². The van der Waals surface area contributed by atoms with E-state index in [4.69, 9.17) is 4.74 Å². The van der Waals surface area contributed by atoms with Crippen molar-refractivity contribution in [3.63, 3.8) is 0 Å². The number of carbonyl (C=O) groups excluding carboxylic acids is 1. The van der Waals surface area contributed by atoms with Crippen molar-refractivity contribution in [3.8, 4) is 0 Å². The Morgan fingerprint density at radius 3 is 2.80 bits per heavy atom. The second-order valence-corrected chi connectivity index (χ2v) is 7.10. The van der Waals surface area contributed by atoms with Gasteiger partial charge in [-0.2, -0.15) is 0 Å². The number of rotatable bonds is 4. The number of fused-ring (bicyclic) bond motifs is 1. The highest BCUT2D eigenvalue weighted by Gasteiger charge is 2.32. The van der Waals surface area contributed by atoms with Crippen LogP contribution in [0.1, 0.15) is 50.3 Å². The maximum atomic E-state index is 12.9. The molecule has 25 heavy (non-hydrogen) atoms. The van der Waals surface area contributed by atoms with E-state index in [1.807, 2.05) is 18.2 Å². The van der Waals surface area contributed by atoms with E-state index in [0.29, 0.717) is 23.1 Å². The van der Waals surface area contributed by atoms with Gasteiger partial charge >= 0.3 is 0 Å². The Balaban J connectivity index is 1.66. The number of ether oxygens (including phenoxy) is 1. The fourth-order valence-corrected chi connectivity index (χ4v) is 3.67. The van der Waals surface area contributed by atoms with Crippen molar-refractivity contribution < 1.29 is 9.53 Å². The van der Waals surface area contributed by atoms with Gasteiger partial charge in [0.15, 0.2) is 0 Å². The lowest BCUT2D eigenvalue weighted by atomic mass is 9.87. The Labute approximate surface area is 146 Å². The Bertz CT molecular complexity index is 857. The molecule has 2 aromatic rings. The number of nitrogens with one attached hydrogen (secondary N) is 1. The minimum absolute atomic E-state index is 0.108. The first-order valence-electron chi connectivity index (χ1n) is 9.02. The molecule has 1 aromatic carbocycles. The molecule has 2 aliphatic rings. The van der Waals surface area contributed by atoms with Gasteiger partial charge in [-0.3, -0.25) is 15.0 Å². The van der Waals surface area contributed by atoms with Crippen LogP contribution in [0.3, 0.4) is 0 Å². The van der Waals surface area contributed by atoms with E-state index in [1.54, 1.807) is 13.2 Å². The molecule has 0 saturated heterocycles. The molecule has 1 amide bonds. The van der Waals surface area contributed by atoms with Crippen LogP contribution >= 0.6 is 0 Å². The Morgan fingerprint density at radius 2 is 2.04 bits per heavy atom. The number of nitrogens with zero attached hydrogens (tertiary/aromatic N) is 2. The van der Waals surface area contributed by atoms with Crippen molar-refractivity contribution >= 4 is 16.8 Å². The van der Waals surface area contributed by atoms with Crippen LogP contribution in [0, 0.1) is 5.92 Å². The SMILES string of the molecule is CO[C@@H]1CCC[C@H](C(=O)Nn2c(C3CC3)nc3ccccc3c2=O)C1. The van der Waals surface area contributed by atoms with Crippen molar-refractivity contribution in [2.75, 3.05) is 12.5 Å². The summed E-state index contributed by atoms with van der Waals surface area (Å²) in [6.07, 6.45) is 5.64. The first-order chi connectivity index (χ1) is 12.2. The predicted octanol–water partition coefficient (Wildman–Crippen LogP) is 2.55. The average Bonchev–Trinajstić information content (AvgIpc) is 3.49. The fourth-order valence-electron chi connectivity index (χ4n) is 3.67. The molecule has 0 aliphatic heterocycles. The normalized spacial score (nSPS) is 23.6. The molecule has 0 spiro atoms. The molecule has 2 atom stereocenters. The highest BCUT2D eigenvalue weighted by Crippen LogP contribution is 2.38. The van der Waals surface area contributed by atoms with Crippen LogP contribution in [0.4, 0.5) is 0 Å². The molecule has 2 fully saturated rings. The van der Waals surface area contributed by atoms with Crippen molar-refractivity contribution in [1.82, 2.24) is 9.66 Å². The molecule has 0 bridgehead atoms. The average molecular weight is 341 g/mol. The Kier molecular flexibility index (Phi) is 4.29. The third-order valence-corrected chi connectivity index (χ3v) is 5.30. The first-order valence-corrected chi connectivity index (χ1v) is 9.02. The van der Waals surface area contributed by atoms with Crippen LogP contribution < -0.4 is 11.0 Å². The van der Waals surface area contributed by atoms with Crippen molar-refractivity contribution in [2.24, 2.45) is 5.92 Å². The van der Waals surface area contributed by atoms with Crippen LogP contribution in [-0.4, -0.2) is 28.8 Å². The smallest absolute Gasteiger partial charge is 0.280 e. The molecule has 2 aliphatic carbocycles. The highest BCUT2D eigenvalue weighted by atomic mass is 16.5. The van der Waals surface area contributed by atoms with Gasteiger partial charge in [-0.15, -0.1) is 0 Å². The van der Waals surface area contributed by atoms with Crippen LogP contribution in [0.15, 0.2) is 29.1 Å². The molecule has 0 unspecified atom stereocenters. The van der Waals surface area contributed by atoms with E-state index in [-0.39, 0.29) is 29.4 Å². The van der Waals surface area contributed by atoms with Crippen molar-refractivity contribution in [3.05, 3.63) is 40.4 Å². The summed E-state index contributed by atoms with van der Waals surface area (Å²) in [5.41, 5.74) is 3.35. The number of methoxy groups -OCH3 is 1. The van der Waals surface area contributed by atoms with E-state index in [2.05, 4.69) is 10.4 Å². The van der Waals surface area contributed by atoms with Crippen molar-refractivity contribution in [1.29, 1.82) is 0 Å². The van der Waals surface area contributed by atoms with Gasteiger partial charge in [-0.1, -0.05) is 18.6 Å². The van der Waals surface area contributed by atoms with E-state index < -0.39 is 0 Å². The van der Waals surface area contributed by atoms with Gasteiger partial charge in [0.05, 0.1) is 17.0 Å². The monoisotopic (exact) mass is 341 g/mol. The van der Waals surface area contributed by atoms with Gasteiger partial charge in [0.25, 0.3) is 5.56 Å². The standard InChI is InChI=1S/C19H23N3O3/c1-25-14-6-4-5-13(11-14)18(23)21-22-17(12-9-10-12)20-16-8-3-2-7-15(16)19(22)24/h2-3,7-8,12-14H,4-6,9-11H2,1H3,(H,21,23)/t13-,14+/m0/s1. The first kappa shape index (κ1) is 16.3. The van der Waals surface area contributed by atoms with Gasteiger partial charge in [-0.05, 0) is 44.2 Å². The zero-order chi connectivity index (χ0) is 17.4. The topological polar surface area (TPSA) is 73.2 Å². The summed E-state index contributed by atoms with van der Waals surface area (Å²) >= 11 is 0. The van der Waals surface area contributed by atoms with Crippen LogP contribution in [0.25, 0.3) is 10.9 Å². The molecule has 1 N–H and O–H groups in total. The fraction of sp³-hybridized carbons (Fsp3) is 0.526. The molecule has 4 rings (SSSR count). The minimum Gasteiger partial charge on any atom is -0.381 e. The van der Waals surface area contributed by atoms with E-state index in [9.17, 15) is 9.59 Å². The number of para-hydroxylation sites is 1. The third-order valence-electron chi connectivity index (χ3n) is 5.30. The summed E-state index contributed by atoms with van der Waals surface area (Å²) < 4.78 is 6.80. The van der Waals surface area contributed by atoms with E-state index in [1.165, 1.54) is 4.68 Å². The number of carbonyl (C=O) groups is 1. The second kappa shape index (κ2) is 6.59. The largest absolute Gasteiger partial charge is 0.381 e. The summed E-state index contributed by atoms with van der Waals surface area (Å²) in [5.74, 6) is 0.707. The molecule has 6 nitrogen and oxygen atoms in total. The maximum absolute atomic E-state index is 12.9. The zero-order valence-electron chi connectivity index (χ0n) is 14.4. The molecule has 6 heteroatoms. The number of hydrogen-bond donors (Lipinski definition) is 1. The lowest BCUT2D eigenvalue weighted by Gasteiger charge is -2.27. The molecule has 0 radical (unpaired) electrons. The molecular formula is C19H23N3O3. The number of benzene rings is 1. The van der Waals surface area contributed by atoms with Crippen LogP contribution in [-0.2, 0) is 9.53 Å². The second-order valence-electron chi connectivity index (χ2n) is 7.10. The van der Waals surface area contributed by atoms with Crippen LogP contribution in [0.5, 0.6) is 0 Å². The summed E-state index contributed by atoms with van der Waals surface area (Å²) in [7, 11) is 1.69. The Morgan fingerprint density at radius 1 is 1.24 bits per heavy atom. The molecule has 1 heterocycles. The number of amides is 1.